The van der Waals surface area contributed by atoms with Crippen molar-refractivity contribution >= 4 is 11.8 Å². The maximum atomic E-state index is 4.49. The van der Waals surface area contributed by atoms with Crippen LogP contribution in [-0.4, -0.2) is 20.9 Å². The Kier molecular flexibility index (Phi) is 3.84. The summed E-state index contributed by atoms with van der Waals surface area (Å²) in [5, 5.41) is 8.04. The Morgan fingerprint density at radius 1 is 1.35 bits per heavy atom. The quantitative estimate of drug-likeness (QED) is 0.840. The Balaban J connectivity index is 2.12. The average Bonchev–Trinajstić information content (AvgIpc) is 2.75. The monoisotopic (exact) mass is 247 g/mol. The molecule has 0 aliphatic carbocycles. The smallest absolute Gasteiger partial charge is 0.208 e. The molecule has 3 nitrogen and oxygen atoms in total. The highest BCUT2D eigenvalue weighted by Crippen LogP contribution is 2.21. The van der Waals surface area contributed by atoms with Crippen LogP contribution in [-0.2, 0) is 0 Å². The van der Waals surface area contributed by atoms with Crippen LogP contribution in [0.25, 0.3) is 11.4 Å². The first-order valence-electron chi connectivity index (χ1n) is 5.77. The van der Waals surface area contributed by atoms with E-state index in [4.69, 9.17) is 0 Å². The van der Waals surface area contributed by atoms with Gasteiger partial charge in [0.05, 0.1) is 0 Å². The van der Waals surface area contributed by atoms with Gasteiger partial charge < -0.3 is 0 Å². The maximum absolute atomic E-state index is 4.49. The molecular formula is C13H17N3S. The van der Waals surface area contributed by atoms with Gasteiger partial charge in [-0.1, -0.05) is 49.4 Å². The van der Waals surface area contributed by atoms with Gasteiger partial charge in [-0.3, -0.25) is 5.10 Å². The second kappa shape index (κ2) is 5.36. The Morgan fingerprint density at radius 2 is 2.18 bits per heavy atom. The molecule has 1 aromatic heterocycles. The standard InChI is InChI=1S/C13H17N3S/c1-9(2)8-17-13-14-12(15-16-13)11-6-4-5-10(3)7-11/h4-7,9H,8H2,1-3H3,(H,14,15,16). The summed E-state index contributed by atoms with van der Waals surface area (Å²) < 4.78 is 0. The molecular weight excluding hydrogens is 230 g/mol. The van der Waals surface area contributed by atoms with Gasteiger partial charge in [0.1, 0.15) is 0 Å². The number of aryl methyl sites for hydroxylation is 1. The molecule has 0 aliphatic heterocycles. The van der Waals surface area contributed by atoms with E-state index >= 15 is 0 Å². The van der Waals surface area contributed by atoms with E-state index in [-0.39, 0.29) is 0 Å². The van der Waals surface area contributed by atoms with Crippen molar-refractivity contribution in [1.82, 2.24) is 15.2 Å². The van der Waals surface area contributed by atoms with Crippen LogP contribution in [0.3, 0.4) is 0 Å². The van der Waals surface area contributed by atoms with E-state index in [0.29, 0.717) is 5.92 Å². The van der Waals surface area contributed by atoms with Crippen LogP contribution in [0.15, 0.2) is 29.4 Å². The lowest BCUT2D eigenvalue weighted by atomic mass is 10.1. The van der Waals surface area contributed by atoms with Gasteiger partial charge in [0.15, 0.2) is 5.82 Å². The summed E-state index contributed by atoms with van der Waals surface area (Å²) in [5.41, 5.74) is 2.32. The number of thioether (sulfide) groups is 1. The fourth-order valence-corrected chi connectivity index (χ4v) is 2.22. The average molecular weight is 247 g/mol. The molecule has 0 bridgehead atoms. The zero-order valence-corrected chi connectivity index (χ0v) is 11.2. The van der Waals surface area contributed by atoms with Crippen molar-refractivity contribution in [2.24, 2.45) is 5.92 Å². The van der Waals surface area contributed by atoms with Gasteiger partial charge in [0.2, 0.25) is 5.16 Å². The van der Waals surface area contributed by atoms with Crippen molar-refractivity contribution in [3.8, 4) is 11.4 Å². The van der Waals surface area contributed by atoms with Crippen LogP contribution in [0, 0.1) is 12.8 Å². The first kappa shape index (κ1) is 12.2. The summed E-state index contributed by atoms with van der Waals surface area (Å²) in [6.45, 7) is 6.47. The first-order valence-corrected chi connectivity index (χ1v) is 6.76. The summed E-state index contributed by atoms with van der Waals surface area (Å²) in [4.78, 5) is 4.49. The van der Waals surface area contributed by atoms with Gasteiger partial charge in [0, 0.05) is 11.3 Å². The minimum Gasteiger partial charge on any atom is -0.258 e. The van der Waals surface area contributed by atoms with Crippen LogP contribution in [0.5, 0.6) is 0 Å². The number of aromatic nitrogens is 3. The molecule has 0 spiro atoms. The highest BCUT2D eigenvalue weighted by Gasteiger charge is 2.06. The molecule has 0 saturated heterocycles. The highest BCUT2D eigenvalue weighted by atomic mass is 32.2. The fourth-order valence-electron chi connectivity index (χ4n) is 1.47. The van der Waals surface area contributed by atoms with Crippen LogP contribution in [0.4, 0.5) is 0 Å². The van der Waals surface area contributed by atoms with E-state index in [1.54, 1.807) is 11.8 Å². The van der Waals surface area contributed by atoms with Gasteiger partial charge in [0.25, 0.3) is 0 Å². The van der Waals surface area contributed by atoms with Crippen LogP contribution < -0.4 is 0 Å². The predicted octanol–water partition coefficient (Wildman–Crippen LogP) is 3.53. The third-order valence-electron chi connectivity index (χ3n) is 2.30. The van der Waals surface area contributed by atoms with Crippen LogP contribution in [0.2, 0.25) is 0 Å². The minimum absolute atomic E-state index is 0.654. The maximum Gasteiger partial charge on any atom is 0.208 e. The zero-order valence-electron chi connectivity index (χ0n) is 10.4. The lowest BCUT2D eigenvalue weighted by Gasteiger charge is -1.99. The van der Waals surface area contributed by atoms with Gasteiger partial charge in [-0.25, -0.2) is 4.98 Å². The Morgan fingerprint density at radius 3 is 2.88 bits per heavy atom. The number of benzene rings is 1. The molecule has 1 heterocycles. The zero-order chi connectivity index (χ0) is 12.3. The van der Waals surface area contributed by atoms with E-state index in [0.717, 1.165) is 22.3 Å². The molecule has 2 rings (SSSR count). The third kappa shape index (κ3) is 3.33. The number of H-pyrrole nitrogens is 1. The van der Waals surface area contributed by atoms with E-state index in [9.17, 15) is 0 Å². The second-order valence-corrected chi connectivity index (χ2v) is 5.53. The van der Waals surface area contributed by atoms with Crippen LogP contribution >= 0.6 is 11.8 Å². The number of nitrogens with zero attached hydrogens (tertiary/aromatic N) is 2. The lowest BCUT2D eigenvalue weighted by Crippen LogP contribution is -1.90. The fraction of sp³-hybridized carbons (Fsp3) is 0.385. The Hall–Kier alpha value is -1.29. The summed E-state index contributed by atoms with van der Waals surface area (Å²) >= 11 is 1.69. The molecule has 0 radical (unpaired) electrons. The van der Waals surface area contributed by atoms with Gasteiger partial charge in [-0.05, 0) is 18.9 Å². The van der Waals surface area contributed by atoms with Crippen molar-refractivity contribution in [3.05, 3.63) is 29.8 Å². The molecule has 0 amide bonds. The molecule has 0 unspecified atom stereocenters. The van der Waals surface area contributed by atoms with Gasteiger partial charge in [-0.2, -0.15) is 0 Å². The summed E-state index contributed by atoms with van der Waals surface area (Å²) in [7, 11) is 0. The van der Waals surface area contributed by atoms with Crippen molar-refractivity contribution in [2.75, 3.05) is 5.75 Å². The number of aromatic amines is 1. The first-order chi connectivity index (χ1) is 8.15. The minimum atomic E-state index is 0.654. The topological polar surface area (TPSA) is 41.6 Å². The van der Waals surface area contributed by atoms with Crippen molar-refractivity contribution in [1.29, 1.82) is 0 Å². The van der Waals surface area contributed by atoms with E-state index in [1.807, 2.05) is 12.1 Å². The lowest BCUT2D eigenvalue weighted by molar-refractivity contribution is 0.748. The summed E-state index contributed by atoms with van der Waals surface area (Å²) in [6.07, 6.45) is 0. The van der Waals surface area contributed by atoms with Crippen molar-refractivity contribution < 1.29 is 0 Å². The van der Waals surface area contributed by atoms with E-state index in [2.05, 4.69) is 48.1 Å². The summed E-state index contributed by atoms with van der Waals surface area (Å²) in [5.74, 6) is 2.55. The molecule has 0 saturated carbocycles. The summed E-state index contributed by atoms with van der Waals surface area (Å²) in [6, 6.07) is 8.27. The third-order valence-corrected chi connectivity index (χ3v) is 3.58. The molecule has 0 aliphatic rings. The number of hydrogen-bond donors (Lipinski definition) is 1. The molecule has 0 fully saturated rings. The second-order valence-electron chi connectivity index (χ2n) is 4.54. The van der Waals surface area contributed by atoms with Crippen LogP contribution in [0.1, 0.15) is 19.4 Å². The Bertz CT molecular complexity index is 491. The molecule has 0 atom stereocenters. The molecule has 17 heavy (non-hydrogen) atoms. The van der Waals surface area contributed by atoms with Gasteiger partial charge in [-0.15, -0.1) is 5.10 Å². The molecule has 1 N–H and O–H groups in total. The van der Waals surface area contributed by atoms with Crippen molar-refractivity contribution in [3.63, 3.8) is 0 Å². The molecule has 1 aromatic carbocycles. The largest absolute Gasteiger partial charge is 0.258 e. The molecule has 2 aromatic rings. The normalized spacial score (nSPS) is 11.1. The molecule has 90 valence electrons. The van der Waals surface area contributed by atoms with E-state index < -0.39 is 0 Å². The van der Waals surface area contributed by atoms with Gasteiger partial charge >= 0.3 is 0 Å². The number of hydrogen-bond acceptors (Lipinski definition) is 3. The molecule has 4 heteroatoms. The number of nitrogens with one attached hydrogen (secondary N) is 1. The SMILES string of the molecule is Cc1cccc(-c2nc(SCC(C)C)n[nH]2)c1. The Labute approximate surface area is 106 Å². The number of rotatable bonds is 4. The van der Waals surface area contributed by atoms with Crippen molar-refractivity contribution in [2.45, 2.75) is 25.9 Å². The highest BCUT2D eigenvalue weighted by molar-refractivity contribution is 7.99. The predicted molar refractivity (Wildman–Crippen MR) is 72.1 cm³/mol. The van der Waals surface area contributed by atoms with E-state index in [1.165, 1.54) is 5.56 Å².